The first-order valence-corrected chi connectivity index (χ1v) is 10.5. The minimum Gasteiger partial charge on any atom is -0.461 e. The molecule has 30 heavy (non-hydrogen) atoms. The Morgan fingerprint density at radius 3 is 2.53 bits per heavy atom. The van der Waals surface area contributed by atoms with E-state index in [-0.39, 0.29) is 30.8 Å². The summed E-state index contributed by atoms with van der Waals surface area (Å²) >= 11 is 0. The number of ketones is 1. The Kier molecular flexibility index (Phi) is 6.70. The summed E-state index contributed by atoms with van der Waals surface area (Å²) in [5.41, 5.74) is 3.12. The van der Waals surface area contributed by atoms with Crippen molar-refractivity contribution in [2.75, 3.05) is 13.2 Å². The van der Waals surface area contributed by atoms with Crippen molar-refractivity contribution in [3.05, 3.63) is 52.6 Å². The lowest BCUT2D eigenvalue weighted by Gasteiger charge is -2.22. The molecular formula is C23H29N3O4. The lowest BCUT2D eigenvalue weighted by molar-refractivity contribution is -0.132. The van der Waals surface area contributed by atoms with E-state index in [9.17, 15) is 14.4 Å². The third kappa shape index (κ3) is 4.45. The van der Waals surface area contributed by atoms with Crippen LogP contribution in [-0.4, -0.2) is 45.3 Å². The molecule has 0 unspecified atom stereocenters. The number of aromatic nitrogens is 2. The number of hydrogen-bond donors (Lipinski definition) is 0. The first kappa shape index (κ1) is 21.7. The lowest BCUT2D eigenvalue weighted by atomic mass is 10.0. The first-order valence-electron chi connectivity index (χ1n) is 10.5. The van der Waals surface area contributed by atoms with Crippen LogP contribution in [0.2, 0.25) is 0 Å². The number of hydrogen-bond acceptors (Lipinski definition) is 5. The van der Waals surface area contributed by atoms with Crippen LogP contribution in [0.4, 0.5) is 0 Å². The van der Waals surface area contributed by atoms with E-state index in [1.807, 2.05) is 30.5 Å². The van der Waals surface area contributed by atoms with Crippen molar-refractivity contribution in [3.8, 4) is 0 Å². The van der Waals surface area contributed by atoms with Gasteiger partial charge in [0.15, 0.2) is 5.78 Å². The van der Waals surface area contributed by atoms with Gasteiger partial charge in [-0.3, -0.25) is 14.6 Å². The predicted octanol–water partition coefficient (Wildman–Crippen LogP) is 3.32. The Morgan fingerprint density at radius 1 is 1.23 bits per heavy atom. The summed E-state index contributed by atoms with van der Waals surface area (Å²) in [6, 6.07) is 3.71. The summed E-state index contributed by atoms with van der Waals surface area (Å²) < 4.78 is 7.01. The molecule has 0 atom stereocenters. The monoisotopic (exact) mass is 411 g/mol. The van der Waals surface area contributed by atoms with E-state index in [1.165, 1.54) is 0 Å². The number of Topliss-reactive ketones (excluding diaryl/α,β-unsaturated/α-hetero) is 1. The van der Waals surface area contributed by atoms with Crippen LogP contribution in [0.15, 0.2) is 24.5 Å². The standard InChI is InChI=1S/C23H29N3O4/c1-5-26-16(4)20(15(3)21(26)23(29)30-6-2)19(27)14-25(22(28)18-9-10-18)13-17-8-7-11-24-12-17/h7-8,11-12,18H,5-6,9-10,13-14H2,1-4H3. The van der Waals surface area contributed by atoms with E-state index in [0.717, 1.165) is 24.1 Å². The predicted molar refractivity (Wildman–Crippen MR) is 112 cm³/mol. The quantitative estimate of drug-likeness (QED) is 0.467. The van der Waals surface area contributed by atoms with Crippen molar-refractivity contribution in [1.29, 1.82) is 0 Å². The van der Waals surface area contributed by atoms with Crippen molar-refractivity contribution < 1.29 is 19.1 Å². The maximum atomic E-state index is 13.3. The second-order valence-corrected chi connectivity index (χ2v) is 7.65. The summed E-state index contributed by atoms with van der Waals surface area (Å²) in [6.07, 6.45) is 5.13. The van der Waals surface area contributed by atoms with Crippen molar-refractivity contribution in [2.24, 2.45) is 5.92 Å². The smallest absolute Gasteiger partial charge is 0.355 e. The van der Waals surface area contributed by atoms with Gasteiger partial charge in [0.2, 0.25) is 5.91 Å². The Labute approximate surface area is 177 Å². The topological polar surface area (TPSA) is 81.5 Å². The van der Waals surface area contributed by atoms with Gasteiger partial charge in [-0.15, -0.1) is 0 Å². The molecule has 0 spiro atoms. The highest BCUT2D eigenvalue weighted by atomic mass is 16.5. The molecule has 2 aromatic rings. The van der Waals surface area contributed by atoms with E-state index in [1.54, 1.807) is 31.1 Å². The van der Waals surface area contributed by atoms with Crippen LogP contribution in [0, 0.1) is 19.8 Å². The Balaban J connectivity index is 1.90. The number of esters is 1. The van der Waals surface area contributed by atoms with Crippen LogP contribution in [0.3, 0.4) is 0 Å². The number of carbonyl (C=O) groups excluding carboxylic acids is 3. The van der Waals surface area contributed by atoms with Gasteiger partial charge in [0.1, 0.15) is 5.69 Å². The van der Waals surface area contributed by atoms with Gasteiger partial charge in [-0.25, -0.2) is 4.79 Å². The van der Waals surface area contributed by atoms with Crippen LogP contribution >= 0.6 is 0 Å². The first-order chi connectivity index (χ1) is 14.4. The third-order valence-corrected chi connectivity index (χ3v) is 5.50. The van der Waals surface area contributed by atoms with Gasteiger partial charge < -0.3 is 14.2 Å². The molecule has 1 saturated carbocycles. The molecule has 1 fully saturated rings. The zero-order chi connectivity index (χ0) is 21.8. The third-order valence-electron chi connectivity index (χ3n) is 5.50. The van der Waals surface area contributed by atoms with Gasteiger partial charge in [-0.2, -0.15) is 0 Å². The maximum absolute atomic E-state index is 13.3. The molecule has 0 saturated heterocycles. The average Bonchev–Trinajstić information content (AvgIpc) is 3.53. The summed E-state index contributed by atoms with van der Waals surface area (Å²) in [4.78, 5) is 44.4. The summed E-state index contributed by atoms with van der Waals surface area (Å²) in [5.74, 6) is -0.587. The summed E-state index contributed by atoms with van der Waals surface area (Å²) in [6.45, 7) is 8.42. The Morgan fingerprint density at radius 2 is 1.97 bits per heavy atom. The van der Waals surface area contributed by atoms with Gasteiger partial charge >= 0.3 is 5.97 Å². The number of amides is 1. The number of ether oxygens (including phenoxy) is 1. The number of carbonyl (C=O) groups is 3. The van der Waals surface area contributed by atoms with Crippen molar-refractivity contribution in [3.63, 3.8) is 0 Å². The molecule has 0 N–H and O–H groups in total. The van der Waals surface area contributed by atoms with Crippen molar-refractivity contribution in [1.82, 2.24) is 14.5 Å². The van der Waals surface area contributed by atoms with Crippen LogP contribution in [0.25, 0.3) is 0 Å². The molecule has 7 heteroatoms. The maximum Gasteiger partial charge on any atom is 0.355 e. The van der Waals surface area contributed by atoms with Crippen molar-refractivity contribution in [2.45, 2.75) is 53.6 Å². The van der Waals surface area contributed by atoms with E-state index in [4.69, 9.17) is 4.74 Å². The normalized spacial score (nSPS) is 13.2. The number of pyridine rings is 1. The van der Waals surface area contributed by atoms with Gasteiger partial charge in [0.05, 0.1) is 13.2 Å². The zero-order valence-electron chi connectivity index (χ0n) is 18.1. The molecule has 1 aliphatic rings. The molecule has 1 aliphatic carbocycles. The lowest BCUT2D eigenvalue weighted by Crippen LogP contribution is -2.36. The molecule has 0 aliphatic heterocycles. The zero-order valence-corrected chi connectivity index (χ0v) is 18.1. The second kappa shape index (κ2) is 9.24. The van der Waals surface area contributed by atoms with E-state index < -0.39 is 5.97 Å². The van der Waals surface area contributed by atoms with Gasteiger partial charge in [-0.1, -0.05) is 6.07 Å². The highest BCUT2D eigenvalue weighted by Crippen LogP contribution is 2.32. The highest BCUT2D eigenvalue weighted by molar-refractivity contribution is 6.04. The average molecular weight is 412 g/mol. The Bertz CT molecular complexity index is 945. The van der Waals surface area contributed by atoms with Crippen LogP contribution in [0.5, 0.6) is 0 Å². The fourth-order valence-corrected chi connectivity index (χ4v) is 3.93. The SMILES string of the molecule is CCOC(=O)c1c(C)c(C(=O)CN(Cc2cccnc2)C(=O)C2CC2)c(C)n1CC. The van der Waals surface area contributed by atoms with Crippen LogP contribution in [0.1, 0.15) is 64.4 Å². The van der Waals surface area contributed by atoms with Crippen LogP contribution in [-0.2, 0) is 22.6 Å². The minimum absolute atomic E-state index is 0.00282. The van der Waals surface area contributed by atoms with Gasteiger partial charge in [0, 0.05) is 42.7 Å². The summed E-state index contributed by atoms with van der Waals surface area (Å²) in [5, 5.41) is 0. The molecule has 0 aromatic carbocycles. The highest BCUT2D eigenvalue weighted by Gasteiger charge is 2.35. The number of rotatable bonds is 9. The molecule has 2 heterocycles. The number of nitrogens with zero attached hydrogens (tertiary/aromatic N) is 3. The van der Waals surface area contributed by atoms with E-state index >= 15 is 0 Å². The summed E-state index contributed by atoms with van der Waals surface area (Å²) in [7, 11) is 0. The van der Waals surface area contributed by atoms with E-state index in [0.29, 0.717) is 29.9 Å². The van der Waals surface area contributed by atoms with Crippen molar-refractivity contribution >= 4 is 17.7 Å². The molecule has 3 rings (SSSR count). The second-order valence-electron chi connectivity index (χ2n) is 7.65. The molecule has 160 valence electrons. The fourth-order valence-electron chi connectivity index (χ4n) is 3.93. The van der Waals surface area contributed by atoms with Gasteiger partial charge in [-0.05, 0) is 57.7 Å². The minimum atomic E-state index is -0.430. The fraction of sp³-hybridized carbons (Fsp3) is 0.478. The molecule has 2 aromatic heterocycles. The molecule has 1 amide bonds. The Hall–Kier alpha value is -2.96. The molecule has 7 nitrogen and oxygen atoms in total. The molecule has 0 radical (unpaired) electrons. The largest absolute Gasteiger partial charge is 0.461 e. The van der Waals surface area contributed by atoms with E-state index in [2.05, 4.69) is 4.98 Å². The molecular weight excluding hydrogens is 382 g/mol. The van der Waals surface area contributed by atoms with Crippen LogP contribution < -0.4 is 0 Å². The van der Waals surface area contributed by atoms with Gasteiger partial charge in [0.25, 0.3) is 0 Å². The molecule has 0 bridgehead atoms.